The monoisotopic (exact) mass is 267 g/mol. The first-order chi connectivity index (χ1) is 8.67. The molecule has 0 aliphatic heterocycles. The molecule has 0 spiro atoms. The molecule has 5 heteroatoms. The molecular formula is C13H18ClN3O. The van der Waals surface area contributed by atoms with Gasteiger partial charge in [-0.25, -0.2) is 0 Å². The van der Waals surface area contributed by atoms with E-state index in [9.17, 15) is 0 Å². The van der Waals surface area contributed by atoms with Crippen LogP contribution in [0.2, 0.25) is 5.02 Å². The highest BCUT2D eigenvalue weighted by molar-refractivity contribution is 6.33. The highest BCUT2D eigenvalue weighted by Crippen LogP contribution is 2.20. The van der Waals surface area contributed by atoms with Gasteiger partial charge in [0.25, 0.3) is 0 Å². The minimum absolute atomic E-state index is 0.507. The largest absolute Gasteiger partial charge is 0.398 e. The Hall–Kier alpha value is -1.28. The molecule has 0 aromatic heterocycles. The van der Waals surface area contributed by atoms with Crippen molar-refractivity contribution in [2.45, 2.75) is 13.0 Å². The molecule has 0 saturated carbocycles. The predicted octanol–water partition coefficient (Wildman–Crippen LogP) is 2.28. The molecule has 0 aliphatic rings. The Bertz CT molecular complexity index is 417. The molecule has 0 atom stereocenters. The standard InChI is InChI=1S/C13H18ClN3O/c1-18-8-7-17(6-2-5-15)10-11-3-4-12(14)13(16)9-11/h3-4,9H,2,6-8,10,16H2,1H3. The normalized spacial score (nSPS) is 10.6. The third kappa shape index (κ3) is 4.92. The lowest BCUT2D eigenvalue weighted by Gasteiger charge is -2.21. The summed E-state index contributed by atoms with van der Waals surface area (Å²) in [6.07, 6.45) is 0.507. The molecule has 0 fully saturated rings. The van der Waals surface area contributed by atoms with Gasteiger partial charge < -0.3 is 10.5 Å². The van der Waals surface area contributed by atoms with Crippen molar-refractivity contribution in [3.8, 4) is 6.07 Å². The fourth-order valence-electron chi connectivity index (χ4n) is 1.65. The maximum Gasteiger partial charge on any atom is 0.0635 e. The van der Waals surface area contributed by atoms with Crippen molar-refractivity contribution in [3.63, 3.8) is 0 Å². The number of nitrogens with zero attached hydrogens (tertiary/aromatic N) is 2. The second-order valence-electron chi connectivity index (χ2n) is 4.03. The van der Waals surface area contributed by atoms with Gasteiger partial charge in [0.15, 0.2) is 0 Å². The number of nitrogens with two attached hydrogens (primary N) is 1. The van der Waals surface area contributed by atoms with Crippen LogP contribution in [0.25, 0.3) is 0 Å². The number of halogens is 1. The number of hydrogen-bond donors (Lipinski definition) is 1. The lowest BCUT2D eigenvalue weighted by Crippen LogP contribution is -2.28. The summed E-state index contributed by atoms with van der Waals surface area (Å²) in [5.74, 6) is 0. The van der Waals surface area contributed by atoms with Crippen molar-refractivity contribution in [3.05, 3.63) is 28.8 Å². The lowest BCUT2D eigenvalue weighted by atomic mass is 10.2. The number of rotatable bonds is 7. The van der Waals surface area contributed by atoms with E-state index < -0.39 is 0 Å². The Morgan fingerprint density at radius 1 is 1.44 bits per heavy atom. The minimum atomic E-state index is 0.507. The number of benzene rings is 1. The van der Waals surface area contributed by atoms with Crippen LogP contribution in [0, 0.1) is 11.3 Å². The van der Waals surface area contributed by atoms with Gasteiger partial charge in [0.2, 0.25) is 0 Å². The van der Waals surface area contributed by atoms with Crippen molar-refractivity contribution in [1.29, 1.82) is 5.26 Å². The summed E-state index contributed by atoms with van der Waals surface area (Å²) < 4.78 is 5.06. The summed E-state index contributed by atoms with van der Waals surface area (Å²) in [6, 6.07) is 7.77. The zero-order valence-electron chi connectivity index (χ0n) is 10.5. The highest BCUT2D eigenvalue weighted by atomic mass is 35.5. The van der Waals surface area contributed by atoms with Gasteiger partial charge in [-0.2, -0.15) is 5.26 Å². The number of ether oxygens (including phenoxy) is 1. The lowest BCUT2D eigenvalue weighted by molar-refractivity contribution is 0.145. The minimum Gasteiger partial charge on any atom is -0.398 e. The smallest absolute Gasteiger partial charge is 0.0635 e. The molecule has 0 heterocycles. The predicted molar refractivity (Wildman–Crippen MR) is 73.2 cm³/mol. The van der Waals surface area contributed by atoms with E-state index in [0.29, 0.717) is 23.7 Å². The number of nitriles is 1. The Labute approximate surface area is 113 Å². The van der Waals surface area contributed by atoms with E-state index in [2.05, 4.69) is 11.0 Å². The summed E-state index contributed by atoms with van der Waals surface area (Å²) in [6.45, 7) is 2.91. The maximum atomic E-state index is 8.64. The number of nitrogen functional groups attached to an aromatic ring is 1. The van der Waals surface area contributed by atoms with E-state index in [1.807, 2.05) is 12.1 Å². The van der Waals surface area contributed by atoms with Crippen molar-refractivity contribution in [1.82, 2.24) is 4.90 Å². The summed E-state index contributed by atoms with van der Waals surface area (Å²) in [4.78, 5) is 2.16. The van der Waals surface area contributed by atoms with E-state index in [4.69, 9.17) is 27.3 Å². The van der Waals surface area contributed by atoms with Crippen LogP contribution in [-0.2, 0) is 11.3 Å². The summed E-state index contributed by atoms with van der Waals surface area (Å²) >= 11 is 5.88. The van der Waals surface area contributed by atoms with E-state index >= 15 is 0 Å². The number of hydrogen-bond acceptors (Lipinski definition) is 4. The molecule has 1 rings (SSSR count). The zero-order valence-corrected chi connectivity index (χ0v) is 11.3. The molecule has 0 bridgehead atoms. The van der Waals surface area contributed by atoms with Gasteiger partial charge in [0, 0.05) is 33.2 Å². The molecule has 0 amide bonds. The van der Waals surface area contributed by atoms with Crippen LogP contribution in [0.3, 0.4) is 0 Å². The van der Waals surface area contributed by atoms with Gasteiger partial charge in [-0.3, -0.25) is 4.90 Å². The van der Waals surface area contributed by atoms with E-state index in [1.165, 1.54) is 0 Å². The van der Waals surface area contributed by atoms with E-state index in [-0.39, 0.29) is 0 Å². The molecule has 0 aliphatic carbocycles. The first kappa shape index (κ1) is 14.8. The van der Waals surface area contributed by atoms with E-state index in [0.717, 1.165) is 25.2 Å². The second-order valence-corrected chi connectivity index (χ2v) is 4.44. The Morgan fingerprint density at radius 3 is 2.83 bits per heavy atom. The fraction of sp³-hybridized carbons (Fsp3) is 0.462. The van der Waals surface area contributed by atoms with Crippen molar-refractivity contribution < 1.29 is 4.74 Å². The van der Waals surface area contributed by atoms with Gasteiger partial charge in [0.05, 0.1) is 23.4 Å². The van der Waals surface area contributed by atoms with Crippen molar-refractivity contribution in [2.24, 2.45) is 0 Å². The fourth-order valence-corrected chi connectivity index (χ4v) is 1.77. The van der Waals surface area contributed by atoms with Gasteiger partial charge in [-0.15, -0.1) is 0 Å². The van der Waals surface area contributed by atoms with Crippen LogP contribution >= 0.6 is 11.6 Å². The summed E-state index contributed by atoms with van der Waals surface area (Å²) in [5.41, 5.74) is 7.44. The molecule has 0 unspecified atom stereocenters. The summed E-state index contributed by atoms with van der Waals surface area (Å²) in [7, 11) is 1.67. The van der Waals surface area contributed by atoms with Crippen molar-refractivity contribution in [2.75, 3.05) is 32.5 Å². The van der Waals surface area contributed by atoms with Crippen LogP contribution in [-0.4, -0.2) is 31.7 Å². The molecule has 2 N–H and O–H groups in total. The van der Waals surface area contributed by atoms with Gasteiger partial charge >= 0.3 is 0 Å². The van der Waals surface area contributed by atoms with Gasteiger partial charge in [0.1, 0.15) is 0 Å². The molecule has 18 heavy (non-hydrogen) atoms. The summed E-state index contributed by atoms with van der Waals surface area (Å²) in [5, 5.41) is 9.21. The molecule has 1 aromatic carbocycles. The second kappa shape index (κ2) is 7.93. The molecule has 1 aromatic rings. The average Bonchev–Trinajstić information content (AvgIpc) is 2.37. The maximum absolute atomic E-state index is 8.64. The Kier molecular flexibility index (Phi) is 6.51. The molecular weight excluding hydrogens is 250 g/mol. The molecule has 0 saturated heterocycles. The van der Waals surface area contributed by atoms with E-state index in [1.54, 1.807) is 13.2 Å². The van der Waals surface area contributed by atoms with Gasteiger partial charge in [-0.1, -0.05) is 17.7 Å². The molecule has 4 nitrogen and oxygen atoms in total. The molecule has 0 radical (unpaired) electrons. The average molecular weight is 268 g/mol. The van der Waals surface area contributed by atoms with Crippen LogP contribution in [0.5, 0.6) is 0 Å². The van der Waals surface area contributed by atoms with Gasteiger partial charge in [-0.05, 0) is 17.7 Å². The first-order valence-electron chi connectivity index (χ1n) is 5.79. The third-order valence-corrected chi connectivity index (χ3v) is 2.96. The quantitative estimate of drug-likeness (QED) is 0.770. The zero-order chi connectivity index (χ0) is 13.4. The van der Waals surface area contributed by atoms with Crippen LogP contribution in [0.15, 0.2) is 18.2 Å². The van der Waals surface area contributed by atoms with Crippen molar-refractivity contribution >= 4 is 17.3 Å². The first-order valence-corrected chi connectivity index (χ1v) is 6.17. The molecule has 98 valence electrons. The Balaban J connectivity index is 2.63. The van der Waals surface area contributed by atoms with Crippen LogP contribution in [0.1, 0.15) is 12.0 Å². The SMILES string of the molecule is COCCN(CCC#N)Cc1ccc(Cl)c(N)c1. The third-order valence-electron chi connectivity index (χ3n) is 2.62. The number of methoxy groups -OCH3 is 1. The number of anilines is 1. The van der Waals surface area contributed by atoms with Crippen LogP contribution < -0.4 is 5.73 Å². The highest BCUT2D eigenvalue weighted by Gasteiger charge is 2.07. The Morgan fingerprint density at radius 2 is 2.22 bits per heavy atom. The van der Waals surface area contributed by atoms with Crippen LogP contribution in [0.4, 0.5) is 5.69 Å². The topological polar surface area (TPSA) is 62.3 Å².